The van der Waals surface area contributed by atoms with E-state index in [-0.39, 0.29) is 12.1 Å². The third-order valence-electron chi connectivity index (χ3n) is 3.38. The van der Waals surface area contributed by atoms with E-state index in [4.69, 9.17) is 15.7 Å². The molecule has 5 nitrogen and oxygen atoms in total. The highest BCUT2D eigenvalue weighted by atomic mass is 16.5. The van der Waals surface area contributed by atoms with Gasteiger partial charge in [0.05, 0.1) is 13.2 Å². The van der Waals surface area contributed by atoms with E-state index in [1.54, 1.807) is 19.5 Å². The number of imidazole rings is 1. The van der Waals surface area contributed by atoms with Crippen LogP contribution < -0.4 is 10.5 Å². The van der Waals surface area contributed by atoms with Crippen LogP contribution in [0.25, 0.3) is 0 Å². The average molecular weight is 270 g/mol. The monoisotopic (exact) mass is 270 g/mol. The van der Waals surface area contributed by atoms with Gasteiger partial charge in [-0.2, -0.15) is 5.26 Å². The molecule has 0 saturated heterocycles. The fraction of sp³-hybridized carbons (Fsp3) is 0.333. The van der Waals surface area contributed by atoms with Crippen LogP contribution in [0.15, 0.2) is 36.7 Å². The van der Waals surface area contributed by atoms with Gasteiger partial charge in [-0.3, -0.25) is 0 Å². The second-order valence-electron chi connectivity index (χ2n) is 4.56. The van der Waals surface area contributed by atoms with Gasteiger partial charge in [0.1, 0.15) is 11.8 Å². The molecule has 0 aliphatic carbocycles. The minimum atomic E-state index is -0.132. The largest absolute Gasteiger partial charge is 0.497 e. The first-order chi connectivity index (χ1) is 9.71. The highest BCUT2D eigenvalue weighted by molar-refractivity contribution is 5.33. The van der Waals surface area contributed by atoms with Crippen molar-refractivity contribution in [2.24, 2.45) is 5.73 Å². The van der Waals surface area contributed by atoms with Crippen LogP contribution in [0.4, 0.5) is 0 Å². The molecule has 0 aliphatic rings. The van der Waals surface area contributed by atoms with Crippen LogP contribution in [0.1, 0.15) is 30.8 Å². The van der Waals surface area contributed by atoms with Crippen molar-refractivity contribution in [1.29, 1.82) is 5.26 Å². The molecule has 0 saturated carbocycles. The van der Waals surface area contributed by atoms with Gasteiger partial charge in [0.2, 0.25) is 5.82 Å². The van der Waals surface area contributed by atoms with Gasteiger partial charge in [-0.1, -0.05) is 19.1 Å². The fourth-order valence-electron chi connectivity index (χ4n) is 2.29. The first-order valence-corrected chi connectivity index (χ1v) is 6.53. The minimum absolute atomic E-state index is 0.108. The summed E-state index contributed by atoms with van der Waals surface area (Å²) in [7, 11) is 1.63. The van der Waals surface area contributed by atoms with E-state index in [0.29, 0.717) is 5.82 Å². The molecule has 2 unspecified atom stereocenters. The second kappa shape index (κ2) is 6.22. The molecule has 1 aromatic heterocycles. The van der Waals surface area contributed by atoms with E-state index in [1.807, 2.05) is 35.8 Å². The molecule has 0 fully saturated rings. The Morgan fingerprint density at radius 3 is 2.95 bits per heavy atom. The Balaban J connectivity index is 2.50. The van der Waals surface area contributed by atoms with Gasteiger partial charge in [0, 0.05) is 18.4 Å². The minimum Gasteiger partial charge on any atom is -0.497 e. The Hall–Kier alpha value is -2.32. The molecule has 5 heteroatoms. The predicted octanol–water partition coefficient (Wildman–Crippen LogP) is 2.09. The summed E-state index contributed by atoms with van der Waals surface area (Å²) in [6.45, 7) is 2.03. The summed E-state index contributed by atoms with van der Waals surface area (Å²) >= 11 is 0. The number of hydrogen-bond donors (Lipinski definition) is 1. The van der Waals surface area contributed by atoms with E-state index in [2.05, 4.69) is 11.1 Å². The van der Waals surface area contributed by atoms with Crippen molar-refractivity contribution in [3.63, 3.8) is 0 Å². The lowest BCUT2D eigenvalue weighted by molar-refractivity contribution is 0.410. The molecule has 104 valence electrons. The topological polar surface area (TPSA) is 76.9 Å². The SMILES string of the molecule is CCC(N)C(c1cccc(OC)c1)n1ccnc1C#N. The number of methoxy groups -OCH3 is 1. The van der Waals surface area contributed by atoms with Crippen molar-refractivity contribution < 1.29 is 4.74 Å². The van der Waals surface area contributed by atoms with Crippen molar-refractivity contribution in [2.45, 2.75) is 25.4 Å². The average Bonchev–Trinajstić information content (AvgIpc) is 2.95. The van der Waals surface area contributed by atoms with Crippen LogP contribution in [0.5, 0.6) is 5.75 Å². The number of nitrogens with two attached hydrogens (primary N) is 1. The van der Waals surface area contributed by atoms with E-state index >= 15 is 0 Å². The molecular weight excluding hydrogens is 252 g/mol. The Morgan fingerprint density at radius 1 is 1.50 bits per heavy atom. The van der Waals surface area contributed by atoms with Gasteiger partial charge in [-0.05, 0) is 24.1 Å². The van der Waals surface area contributed by atoms with Crippen molar-refractivity contribution in [1.82, 2.24) is 9.55 Å². The molecule has 1 aromatic carbocycles. The van der Waals surface area contributed by atoms with Crippen LogP contribution in [-0.4, -0.2) is 22.7 Å². The van der Waals surface area contributed by atoms with Gasteiger partial charge >= 0.3 is 0 Å². The first kappa shape index (κ1) is 14.1. The standard InChI is InChI=1S/C15H18N4O/c1-3-13(17)15(19-8-7-18-14(19)10-16)11-5-4-6-12(9-11)20-2/h4-9,13,15H,3,17H2,1-2H3. The summed E-state index contributed by atoms with van der Waals surface area (Å²) in [5, 5.41) is 9.16. The summed E-state index contributed by atoms with van der Waals surface area (Å²) in [4.78, 5) is 4.06. The number of ether oxygens (including phenoxy) is 1. The Morgan fingerprint density at radius 2 is 2.30 bits per heavy atom. The van der Waals surface area contributed by atoms with Crippen LogP contribution in [0.2, 0.25) is 0 Å². The van der Waals surface area contributed by atoms with Crippen LogP contribution >= 0.6 is 0 Å². The maximum atomic E-state index is 9.16. The number of hydrogen-bond acceptors (Lipinski definition) is 4. The van der Waals surface area contributed by atoms with E-state index in [9.17, 15) is 0 Å². The lowest BCUT2D eigenvalue weighted by Crippen LogP contribution is -2.33. The Kier molecular flexibility index (Phi) is 4.38. The van der Waals surface area contributed by atoms with Crippen LogP contribution in [0, 0.1) is 11.3 Å². The Labute approximate surface area is 118 Å². The summed E-state index contributed by atoms with van der Waals surface area (Å²) in [5.41, 5.74) is 7.26. The summed E-state index contributed by atoms with van der Waals surface area (Å²) in [6.07, 6.45) is 4.21. The number of nitriles is 1. The molecule has 0 amide bonds. The Bertz CT molecular complexity index is 614. The lowest BCUT2D eigenvalue weighted by Gasteiger charge is -2.25. The van der Waals surface area contributed by atoms with Gasteiger partial charge in [-0.25, -0.2) is 4.98 Å². The molecule has 2 aromatic rings. The maximum absolute atomic E-state index is 9.16. The van der Waals surface area contributed by atoms with Gasteiger partial charge in [0.25, 0.3) is 0 Å². The zero-order valence-electron chi connectivity index (χ0n) is 11.7. The highest BCUT2D eigenvalue weighted by Gasteiger charge is 2.23. The van der Waals surface area contributed by atoms with Crippen molar-refractivity contribution >= 4 is 0 Å². The normalized spacial score (nSPS) is 13.5. The predicted molar refractivity (Wildman–Crippen MR) is 76.3 cm³/mol. The van der Waals surface area contributed by atoms with Gasteiger partial charge in [-0.15, -0.1) is 0 Å². The van der Waals surface area contributed by atoms with Crippen molar-refractivity contribution in [2.75, 3.05) is 7.11 Å². The second-order valence-corrected chi connectivity index (χ2v) is 4.56. The molecule has 2 N–H and O–H groups in total. The highest BCUT2D eigenvalue weighted by Crippen LogP contribution is 2.27. The quantitative estimate of drug-likeness (QED) is 0.902. The number of nitrogens with zero attached hydrogens (tertiary/aromatic N) is 3. The molecule has 0 aliphatic heterocycles. The third kappa shape index (κ3) is 2.65. The van der Waals surface area contributed by atoms with E-state index in [1.165, 1.54) is 0 Å². The van der Waals surface area contributed by atoms with Crippen molar-refractivity contribution in [3.05, 3.63) is 48.0 Å². The number of rotatable bonds is 5. The van der Waals surface area contributed by atoms with Crippen LogP contribution in [-0.2, 0) is 0 Å². The van der Waals surface area contributed by atoms with E-state index in [0.717, 1.165) is 17.7 Å². The maximum Gasteiger partial charge on any atom is 0.213 e. The van der Waals surface area contributed by atoms with Gasteiger partial charge < -0.3 is 15.0 Å². The zero-order valence-corrected chi connectivity index (χ0v) is 11.7. The van der Waals surface area contributed by atoms with Gasteiger partial charge in [0.15, 0.2) is 0 Å². The molecular formula is C15H18N4O. The smallest absolute Gasteiger partial charge is 0.213 e. The summed E-state index contributed by atoms with van der Waals surface area (Å²) in [6, 6.07) is 9.60. The molecule has 1 heterocycles. The lowest BCUT2D eigenvalue weighted by atomic mass is 9.97. The summed E-state index contributed by atoms with van der Waals surface area (Å²) in [5.74, 6) is 1.14. The number of benzene rings is 1. The van der Waals surface area contributed by atoms with E-state index < -0.39 is 0 Å². The third-order valence-corrected chi connectivity index (χ3v) is 3.38. The van der Waals surface area contributed by atoms with Crippen molar-refractivity contribution in [3.8, 4) is 11.8 Å². The summed E-state index contributed by atoms with van der Waals surface area (Å²) < 4.78 is 7.08. The fourth-order valence-corrected chi connectivity index (χ4v) is 2.29. The molecule has 2 atom stereocenters. The molecule has 2 rings (SSSR count). The zero-order chi connectivity index (χ0) is 14.5. The molecule has 0 spiro atoms. The molecule has 20 heavy (non-hydrogen) atoms. The first-order valence-electron chi connectivity index (χ1n) is 6.53. The van der Waals surface area contributed by atoms with Crippen LogP contribution in [0.3, 0.4) is 0 Å². The molecule has 0 radical (unpaired) electrons. The number of aromatic nitrogens is 2. The molecule has 0 bridgehead atoms.